The highest BCUT2D eigenvalue weighted by Crippen LogP contribution is 2.55. The van der Waals surface area contributed by atoms with Crippen LogP contribution in [0.15, 0.2) is 36.4 Å². The Morgan fingerprint density at radius 1 is 0.417 bits per heavy atom. The van der Waals surface area contributed by atoms with E-state index in [-0.39, 0.29) is 5.75 Å². The number of methoxy groups -OCH3 is 8. The maximum absolute atomic E-state index is 11.3. The molecular formula is C27H32O9. The predicted molar refractivity (Wildman–Crippen MR) is 134 cm³/mol. The van der Waals surface area contributed by atoms with Gasteiger partial charge in [0.2, 0.25) is 0 Å². The van der Waals surface area contributed by atoms with E-state index in [1.165, 1.54) is 20.3 Å². The molecule has 36 heavy (non-hydrogen) atoms. The maximum Gasteiger partial charge on any atom is 0.130 e. The fraction of sp³-hybridized carbons (Fsp3) is 0.333. The SMILES string of the molecule is COc1cc(O)c(C(c2c(OC)cc(OC)cc2OC)c2c(OC)cc(OC)cc2OC)c(OC)c1. The molecule has 0 saturated carbocycles. The van der Waals surface area contributed by atoms with E-state index in [4.69, 9.17) is 37.9 Å². The van der Waals surface area contributed by atoms with Gasteiger partial charge in [-0.15, -0.1) is 0 Å². The number of hydrogen-bond donors (Lipinski definition) is 1. The van der Waals surface area contributed by atoms with Gasteiger partial charge in [0.15, 0.2) is 0 Å². The molecule has 0 bridgehead atoms. The minimum absolute atomic E-state index is 0.0731. The minimum Gasteiger partial charge on any atom is -0.507 e. The molecule has 0 aliphatic carbocycles. The molecule has 0 radical (unpaired) electrons. The lowest BCUT2D eigenvalue weighted by atomic mass is 9.81. The maximum atomic E-state index is 11.3. The lowest BCUT2D eigenvalue weighted by molar-refractivity contribution is 0.354. The van der Waals surface area contributed by atoms with Crippen molar-refractivity contribution in [2.45, 2.75) is 5.92 Å². The summed E-state index contributed by atoms with van der Waals surface area (Å²) in [4.78, 5) is 0. The summed E-state index contributed by atoms with van der Waals surface area (Å²) in [6.45, 7) is 0. The van der Waals surface area contributed by atoms with Crippen molar-refractivity contribution in [3.8, 4) is 51.7 Å². The summed E-state index contributed by atoms with van der Waals surface area (Å²) in [6.07, 6.45) is 0. The molecule has 194 valence electrons. The first-order chi connectivity index (χ1) is 17.4. The van der Waals surface area contributed by atoms with Crippen LogP contribution in [0.2, 0.25) is 0 Å². The van der Waals surface area contributed by atoms with Crippen LogP contribution in [0.1, 0.15) is 22.6 Å². The van der Waals surface area contributed by atoms with Crippen molar-refractivity contribution in [2.24, 2.45) is 0 Å². The zero-order valence-electron chi connectivity index (χ0n) is 21.8. The fourth-order valence-corrected chi connectivity index (χ4v) is 4.23. The van der Waals surface area contributed by atoms with Crippen molar-refractivity contribution in [1.29, 1.82) is 0 Å². The number of rotatable bonds is 11. The van der Waals surface area contributed by atoms with Gasteiger partial charge in [-0.3, -0.25) is 0 Å². The lowest BCUT2D eigenvalue weighted by Gasteiger charge is -2.28. The molecule has 3 aromatic rings. The van der Waals surface area contributed by atoms with Crippen LogP contribution in [0.4, 0.5) is 0 Å². The second kappa shape index (κ2) is 11.5. The molecule has 0 aliphatic rings. The largest absolute Gasteiger partial charge is 0.507 e. The molecule has 9 heteroatoms. The first-order valence-corrected chi connectivity index (χ1v) is 11.0. The topological polar surface area (TPSA) is 94.1 Å². The standard InChI is InChI=1S/C27H32O9/c1-29-15-9-18(28)24(19(10-15)32-4)27(25-20(33-5)11-16(30-2)12-21(25)34-6)26-22(35-7)13-17(31-3)14-23(26)36-8/h9-14,27-28H,1-8H3. The molecule has 0 aromatic heterocycles. The molecule has 3 aromatic carbocycles. The highest BCUT2D eigenvalue weighted by Gasteiger charge is 2.35. The van der Waals surface area contributed by atoms with E-state index in [1.807, 2.05) is 0 Å². The Bertz CT molecular complexity index is 1090. The second-order valence-corrected chi connectivity index (χ2v) is 7.59. The number of benzene rings is 3. The van der Waals surface area contributed by atoms with Gasteiger partial charge in [0.1, 0.15) is 51.7 Å². The minimum atomic E-state index is -0.752. The predicted octanol–water partition coefficient (Wildman–Crippen LogP) is 4.64. The van der Waals surface area contributed by atoms with Crippen molar-refractivity contribution in [2.75, 3.05) is 56.9 Å². The van der Waals surface area contributed by atoms with Crippen molar-refractivity contribution in [3.05, 3.63) is 53.1 Å². The van der Waals surface area contributed by atoms with Gasteiger partial charge >= 0.3 is 0 Å². The van der Waals surface area contributed by atoms with Crippen molar-refractivity contribution in [1.82, 2.24) is 0 Å². The smallest absolute Gasteiger partial charge is 0.130 e. The van der Waals surface area contributed by atoms with E-state index >= 15 is 0 Å². The molecule has 0 saturated heterocycles. The van der Waals surface area contributed by atoms with Crippen molar-refractivity contribution in [3.63, 3.8) is 0 Å². The van der Waals surface area contributed by atoms with E-state index in [2.05, 4.69) is 0 Å². The quantitative estimate of drug-likeness (QED) is 0.378. The summed E-state index contributed by atoms with van der Waals surface area (Å²) in [5.41, 5.74) is 1.59. The van der Waals surface area contributed by atoms with Gasteiger partial charge < -0.3 is 43.0 Å². The number of aromatic hydroxyl groups is 1. The van der Waals surface area contributed by atoms with Crippen LogP contribution in [0, 0.1) is 0 Å². The van der Waals surface area contributed by atoms with Gasteiger partial charge in [-0.1, -0.05) is 0 Å². The lowest BCUT2D eigenvalue weighted by Crippen LogP contribution is -2.12. The molecule has 0 atom stereocenters. The summed E-state index contributed by atoms with van der Waals surface area (Å²) in [6, 6.07) is 10.1. The Labute approximate surface area is 211 Å². The Balaban J connectivity index is 2.56. The van der Waals surface area contributed by atoms with E-state index in [9.17, 15) is 5.11 Å². The normalized spacial score (nSPS) is 10.6. The number of ether oxygens (including phenoxy) is 8. The first-order valence-electron chi connectivity index (χ1n) is 11.0. The average molecular weight is 501 g/mol. The van der Waals surface area contributed by atoms with Crippen LogP contribution in [0.25, 0.3) is 0 Å². The average Bonchev–Trinajstić information content (AvgIpc) is 2.92. The molecule has 0 amide bonds. The molecule has 0 heterocycles. The Morgan fingerprint density at radius 2 is 0.694 bits per heavy atom. The molecular weight excluding hydrogens is 468 g/mol. The Morgan fingerprint density at radius 3 is 0.972 bits per heavy atom. The summed E-state index contributed by atoms with van der Waals surface area (Å²) in [5, 5.41) is 11.3. The molecule has 9 nitrogen and oxygen atoms in total. The monoisotopic (exact) mass is 500 g/mol. The summed E-state index contributed by atoms with van der Waals surface area (Å²) in [5.74, 6) is 2.85. The van der Waals surface area contributed by atoms with Gasteiger partial charge in [-0.25, -0.2) is 0 Å². The van der Waals surface area contributed by atoms with Crippen molar-refractivity contribution >= 4 is 0 Å². The summed E-state index contributed by atoms with van der Waals surface area (Å²) in [7, 11) is 12.3. The fourth-order valence-electron chi connectivity index (χ4n) is 4.23. The molecule has 0 aliphatic heterocycles. The van der Waals surface area contributed by atoms with Crippen LogP contribution < -0.4 is 37.9 Å². The van der Waals surface area contributed by atoms with Gasteiger partial charge in [0.05, 0.1) is 62.8 Å². The van der Waals surface area contributed by atoms with Gasteiger partial charge in [0, 0.05) is 53.1 Å². The van der Waals surface area contributed by atoms with Crippen LogP contribution >= 0.6 is 0 Å². The molecule has 3 rings (SSSR count). The van der Waals surface area contributed by atoms with Gasteiger partial charge in [0.25, 0.3) is 0 Å². The number of phenols is 1. The molecule has 0 unspecified atom stereocenters. The Kier molecular flexibility index (Phi) is 8.47. The number of phenolic OH excluding ortho intramolecular Hbond substituents is 1. The highest BCUT2D eigenvalue weighted by atomic mass is 16.5. The van der Waals surface area contributed by atoms with E-state index in [0.717, 1.165) is 0 Å². The molecule has 1 N–H and O–H groups in total. The zero-order chi connectivity index (χ0) is 26.4. The first kappa shape index (κ1) is 26.5. The van der Waals surface area contributed by atoms with E-state index in [1.54, 1.807) is 73.0 Å². The van der Waals surface area contributed by atoms with E-state index in [0.29, 0.717) is 62.7 Å². The van der Waals surface area contributed by atoms with Crippen LogP contribution in [-0.4, -0.2) is 62.0 Å². The second-order valence-electron chi connectivity index (χ2n) is 7.59. The summed E-state index contributed by atoms with van der Waals surface area (Å²) >= 11 is 0. The van der Waals surface area contributed by atoms with Crippen LogP contribution in [0.5, 0.6) is 51.7 Å². The van der Waals surface area contributed by atoms with Gasteiger partial charge in [-0.05, 0) is 0 Å². The Hall–Kier alpha value is -4.14. The van der Waals surface area contributed by atoms with Crippen LogP contribution in [0.3, 0.4) is 0 Å². The molecule has 0 fully saturated rings. The number of hydrogen-bond acceptors (Lipinski definition) is 9. The van der Waals surface area contributed by atoms with E-state index < -0.39 is 5.92 Å². The molecule has 0 spiro atoms. The van der Waals surface area contributed by atoms with Crippen molar-refractivity contribution < 1.29 is 43.0 Å². The van der Waals surface area contributed by atoms with Crippen LogP contribution in [-0.2, 0) is 0 Å². The zero-order valence-corrected chi connectivity index (χ0v) is 21.8. The summed E-state index contributed by atoms with van der Waals surface area (Å²) < 4.78 is 45.1. The third-order valence-electron chi connectivity index (χ3n) is 5.92. The highest BCUT2D eigenvalue weighted by molar-refractivity contribution is 5.69. The third-order valence-corrected chi connectivity index (χ3v) is 5.92. The van der Waals surface area contributed by atoms with Gasteiger partial charge in [-0.2, -0.15) is 0 Å². The third kappa shape index (κ3) is 4.82.